The first-order valence-electron chi connectivity index (χ1n) is 9.25. The molecule has 30 heavy (non-hydrogen) atoms. The number of imide groups is 1. The van der Waals surface area contributed by atoms with Crippen LogP contribution in [0.2, 0.25) is 0 Å². The summed E-state index contributed by atoms with van der Waals surface area (Å²) in [4.78, 5) is 50.2. The van der Waals surface area contributed by atoms with Gasteiger partial charge in [-0.15, -0.1) is 0 Å². The lowest BCUT2D eigenvalue weighted by Gasteiger charge is -2.26. The number of nitrogens with one attached hydrogen (secondary N) is 1. The van der Waals surface area contributed by atoms with Crippen molar-refractivity contribution < 1.29 is 33.4 Å². The molecule has 0 aromatic heterocycles. The van der Waals surface area contributed by atoms with E-state index in [0.29, 0.717) is 28.3 Å². The van der Waals surface area contributed by atoms with Crippen LogP contribution < -0.4 is 14.8 Å². The SMILES string of the molecule is C[C@H](OC(=O)CN1C(=O)Cc2ccccc2C1=O)C(=O)Nc1ccc2c(c1)OCO2. The van der Waals surface area contributed by atoms with Crippen molar-refractivity contribution >= 4 is 29.4 Å². The Morgan fingerprint density at radius 3 is 2.73 bits per heavy atom. The standard InChI is InChI=1S/C21H18N2O7/c1-12(20(26)22-14-6-7-16-17(9-14)29-11-28-16)30-19(25)10-23-18(24)8-13-4-2-3-5-15(13)21(23)27/h2-7,9,12H,8,10-11H2,1H3,(H,22,26)/t12-/m0/s1. The fourth-order valence-corrected chi connectivity index (χ4v) is 3.20. The Balaban J connectivity index is 1.35. The van der Waals surface area contributed by atoms with Gasteiger partial charge in [0.25, 0.3) is 11.8 Å². The van der Waals surface area contributed by atoms with Crippen molar-refractivity contribution in [3.63, 3.8) is 0 Å². The topological polar surface area (TPSA) is 111 Å². The van der Waals surface area contributed by atoms with Gasteiger partial charge in [-0.25, -0.2) is 0 Å². The highest BCUT2D eigenvalue weighted by molar-refractivity contribution is 6.11. The van der Waals surface area contributed by atoms with Crippen molar-refractivity contribution in [2.24, 2.45) is 0 Å². The zero-order valence-electron chi connectivity index (χ0n) is 16.0. The molecule has 0 radical (unpaired) electrons. The summed E-state index contributed by atoms with van der Waals surface area (Å²) in [5.41, 5.74) is 1.44. The Bertz CT molecular complexity index is 1050. The van der Waals surface area contributed by atoms with E-state index in [1.807, 2.05) is 0 Å². The van der Waals surface area contributed by atoms with Gasteiger partial charge in [-0.1, -0.05) is 18.2 Å². The second-order valence-electron chi connectivity index (χ2n) is 6.81. The predicted molar refractivity (Wildman–Crippen MR) is 103 cm³/mol. The van der Waals surface area contributed by atoms with Gasteiger partial charge in [0.1, 0.15) is 6.54 Å². The molecule has 2 aromatic carbocycles. The maximum atomic E-state index is 12.5. The summed E-state index contributed by atoms with van der Waals surface area (Å²) < 4.78 is 15.6. The Kier molecular flexibility index (Phi) is 5.09. The average molecular weight is 410 g/mol. The van der Waals surface area contributed by atoms with E-state index in [9.17, 15) is 19.2 Å². The Morgan fingerprint density at radius 2 is 1.90 bits per heavy atom. The Hall–Kier alpha value is -3.88. The molecule has 1 atom stereocenters. The lowest BCUT2D eigenvalue weighted by atomic mass is 9.98. The molecule has 0 saturated heterocycles. The highest BCUT2D eigenvalue weighted by Crippen LogP contribution is 2.34. The molecular formula is C21H18N2O7. The van der Waals surface area contributed by atoms with Gasteiger partial charge < -0.3 is 19.5 Å². The van der Waals surface area contributed by atoms with Crippen molar-refractivity contribution in [2.75, 3.05) is 18.7 Å². The number of esters is 1. The highest BCUT2D eigenvalue weighted by atomic mass is 16.7. The van der Waals surface area contributed by atoms with Gasteiger partial charge in [-0.2, -0.15) is 0 Å². The lowest BCUT2D eigenvalue weighted by Crippen LogP contribution is -2.46. The van der Waals surface area contributed by atoms with Crippen LogP contribution in [0.5, 0.6) is 11.5 Å². The number of hydrogen-bond acceptors (Lipinski definition) is 7. The second-order valence-corrected chi connectivity index (χ2v) is 6.81. The predicted octanol–water partition coefficient (Wildman–Crippen LogP) is 1.51. The quantitative estimate of drug-likeness (QED) is 0.587. The van der Waals surface area contributed by atoms with Crippen LogP contribution in [-0.4, -0.2) is 48.0 Å². The van der Waals surface area contributed by atoms with E-state index < -0.39 is 36.3 Å². The number of carbonyl (C=O) groups excluding carboxylic acids is 4. The summed E-state index contributed by atoms with van der Waals surface area (Å²) in [6.07, 6.45) is -1.11. The van der Waals surface area contributed by atoms with Crippen molar-refractivity contribution in [1.82, 2.24) is 4.90 Å². The van der Waals surface area contributed by atoms with Crippen LogP contribution in [0.25, 0.3) is 0 Å². The molecule has 2 aliphatic heterocycles. The number of anilines is 1. The largest absolute Gasteiger partial charge is 0.454 e. The van der Waals surface area contributed by atoms with Gasteiger partial charge in [0.2, 0.25) is 12.7 Å². The van der Waals surface area contributed by atoms with E-state index in [-0.39, 0.29) is 13.2 Å². The van der Waals surface area contributed by atoms with Gasteiger partial charge in [-0.3, -0.25) is 24.1 Å². The molecule has 9 nitrogen and oxygen atoms in total. The molecule has 9 heteroatoms. The minimum absolute atomic E-state index is 0.0232. The summed E-state index contributed by atoms with van der Waals surface area (Å²) in [5, 5.41) is 2.61. The summed E-state index contributed by atoms with van der Waals surface area (Å²) >= 11 is 0. The first-order chi connectivity index (χ1) is 14.4. The van der Waals surface area contributed by atoms with Crippen molar-refractivity contribution in [2.45, 2.75) is 19.4 Å². The Labute approximate surface area is 171 Å². The van der Waals surface area contributed by atoms with Gasteiger partial charge in [0.05, 0.1) is 6.42 Å². The minimum atomic E-state index is -1.13. The number of fused-ring (bicyclic) bond motifs is 2. The first kappa shape index (κ1) is 19.4. The van der Waals surface area contributed by atoms with E-state index in [1.165, 1.54) is 6.92 Å². The molecule has 2 aliphatic rings. The van der Waals surface area contributed by atoms with Crippen molar-refractivity contribution in [3.05, 3.63) is 53.6 Å². The molecule has 0 aliphatic carbocycles. The smallest absolute Gasteiger partial charge is 0.326 e. The van der Waals surface area contributed by atoms with E-state index in [4.69, 9.17) is 14.2 Å². The fraction of sp³-hybridized carbons (Fsp3) is 0.238. The number of nitrogens with zero attached hydrogens (tertiary/aromatic N) is 1. The molecule has 4 rings (SSSR count). The normalized spacial score (nSPS) is 15.4. The summed E-state index contributed by atoms with van der Waals surface area (Å²) in [7, 11) is 0. The van der Waals surface area contributed by atoms with Gasteiger partial charge >= 0.3 is 5.97 Å². The third-order valence-electron chi connectivity index (χ3n) is 4.74. The van der Waals surface area contributed by atoms with Gasteiger partial charge in [-0.05, 0) is 30.7 Å². The van der Waals surface area contributed by atoms with Crippen LogP contribution in [0.1, 0.15) is 22.8 Å². The van der Waals surface area contributed by atoms with Crippen LogP contribution in [0.3, 0.4) is 0 Å². The number of hydrogen-bond donors (Lipinski definition) is 1. The van der Waals surface area contributed by atoms with Crippen molar-refractivity contribution in [1.29, 1.82) is 0 Å². The van der Waals surface area contributed by atoms with E-state index >= 15 is 0 Å². The molecule has 1 N–H and O–H groups in total. The minimum Gasteiger partial charge on any atom is -0.454 e. The van der Waals surface area contributed by atoms with E-state index in [2.05, 4.69) is 5.32 Å². The molecule has 0 unspecified atom stereocenters. The Morgan fingerprint density at radius 1 is 1.13 bits per heavy atom. The molecule has 0 bridgehead atoms. The molecule has 2 heterocycles. The summed E-state index contributed by atoms with van der Waals surface area (Å²) in [6, 6.07) is 11.6. The summed E-state index contributed by atoms with van der Waals surface area (Å²) in [6.45, 7) is 0.947. The van der Waals surface area contributed by atoms with Gasteiger partial charge in [0.15, 0.2) is 17.6 Å². The fourth-order valence-electron chi connectivity index (χ4n) is 3.20. The first-order valence-corrected chi connectivity index (χ1v) is 9.25. The van der Waals surface area contributed by atoms with Gasteiger partial charge in [0, 0.05) is 17.3 Å². The second kappa shape index (κ2) is 7.86. The van der Waals surface area contributed by atoms with Crippen molar-refractivity contribution in [3.8, 4) is 11.5 Å². The molecule has 154 valence electrons. The number of amides is 3. The zero-order chi connectivity index (χ0) is 21.3. The van der Waals surface area contributed by atoms with Crippen LogP contribution in [0, 0.1) is 0 Å². The molecular weight excluding hydrogens is 392 g/mol. The molecule has 2 aromatic rings. The number of ether oxygens (including phenoxy) is 3. The highest BCUT2D eigenvalue weighted by Gasteiger charge is 2.33. The molecule has 0 spiro atoms. The van der Waals surface area contributed by atoms with Crippen LogP contribution in [0.15, 0.2) is 42.5 Å². The van der Waals surface area contributed by atoms with Crippen LogP contribution in [0.4, 0.5) is 5.69 Å². The average Bonchev–Trinajstić information content (AvgIpc) is 3.19. The molecule has 3 amide bonds. The van der Waals surface area contributed by atoms with Crippen LogP contribution >= 0.6 is 0 Å². The van der Waals surface area contributed by atoms with Crippen LogP contribution in [-0.2, 0) is 25.5 Å². The third-order valence-corrected chi connectivity index (χ3v) is 4.74. The summed E-state index contributed by atoms with van der Waals surface area (Å²) in [5.74, 6) is -1.40. The zero-order valence-corrected chi connectivity index (χ0v) is 16.0. The lowest BCUT2D eigenvalue weighted by molar-refractivity contribution is -0.155. The molecule has 0 saturated carbocycles. The molecule has 0 fully saturated rings. The number of rotatable bonds is 5. The monoisotopic (exact) mass is 410 g/mol. The maximum Gasteiger partial charge on any atom is 0.326 e. The third kappa shape index (κ3) is 3.82. The number of carbonyl (C=O) groups is 4. The number of benzene rings is 2. The van der Waals surface area contributed by atoms with E-state index in [0.717, 1.165) is 4.90 Å². The van der Waals surface area contributed by atoms with E-state index in [1.54, 1.807) is 42.5 Å². The maximum absolute atomic E-state index is 12.5.